The number of pyridine rings is 1. The van der Waals surface area contributed by atoms with E-state index in [1.54, 1.807) is 12.4 Å². The summed E-state index contributed by atoms with van der Waals surface area (Å²) in [7, 11) is 0. The van der Waals surface area contributed by atoms with Crippen molar-refractivity contribution < 1.29 is 0 Å². The molecule has 0 radical (unpaired) electrons. The molecule has 3 rings (SSSR count). The molecule has 0 aliphatic carbocycles. The second kappa shape index (κ2) is 7.19. The monoisotopic (exact) mass is 334 g/mol. The van der Waals surface area contributed by atoms with E-state index < -0.39 is 0 Å². The Labute approximate surface area is 146 Å². The lowest BCUT2D eigenvalue weighted by Gasteiger charge is -2.10. The standard InChI is InChI=1S/C19H18N4S/c1-13-5-7-17(14(2)10-13)22-19(24)23-21-12-15-6-8-18-16(11-15)4-3-9-20-18/h3-12H,1-2H3,(H2,22,23,24)/b21-12-. The van der Waals surface area contributed by atoms with Gasteiger partial charge in [0, 0.05) is 17.3 Å². The van der Waals surface area contributed by atoms with Crippen LogP contribution in [0.5, 0.6) is 0 Å². The van der Waals surface area contributed by atoms with Gasteiger partial charge in [-0.3, -0.25) is 10.4 Å². The van der Waals surface area contributed by atoms with Crippen molar-refractivity contribution in [2.45, 2.75) is 13.8 Å². The van der Waals surface area contributed by atoms with Gasteiger partial charge in [0.1, 0.15) is 0 Å². The van der Waals surface area contributed by atoms with Crippen molar-refractivity contribution in [3.05, 3.63) is 71.4 Å². The Morgan fingerprint density at radius 3 is 2.83 bits per heavy atom. The predicted octanol–water partition coefficient (Wildman–Crippen LogP) is 4.17. The number of hydrazone groups is 1. The number of thiocarbonyl (C=S) groups is 1. The van der Waals surface area contributed by atoms with Crippen molar-refractivity contribution in [1.82, 2.24) is 10.4 Å². The summed E-state index contributed by atoms with van der Waals surface area (Å²) in [6, 6.07) is 16.1. The van der Waals surface area contributed by atoms with Crippen LogP contribution in [0.25, 0.3) is 10.9 Å². The van der Waals surface area contributed by atoms with E-state index in [0.29, 0.717) is 5.11 Å². The quantitative estimate of drug-likeness (QED) is 0.429. The van der Waals surface area contributed by atoms with E-state index in [2.05, 4.69) is 33.8 Å². The van der Waals surface area contributed by atoms with Crippen LogP contribution in [0.1, 0.15) is 16.7 Å². The van der Waals surface area contributed by atoms with Crippen LogP contribution in [0.3, 0.4) is 0 Å². The van der Waals surface area contributed by atoms with E-state index >= 15 is 0 Å². The third-order valence-corrected chi connectivity index (χ3v) is 3.83. The zero-order valence-electron chi connectivity index (χ0n) is 13.6. The molecule has 2 N–H and O–H groups in total. The van der Waals surface area contributed by atoms with E-state index in [9.17, 15) is 0 Å². The van der Waals surface area contributed by atoms with Gasteiger partial charge >= 0.3 is 0 Å². The number of rotatable bonds is 3. The van der Waals surface area contributed by atoms with Gasteiger partial charge < -0.3 is 5.32 Å². The second-order valence-corrected chi connectivity index (χ2v) is 6.01. The van der Waals surface area contributed by atoms with Gasteiger partial charge in [0.25, 0.3) is 0 Å². The molecule has 3 aromatic rings. The summed E-state index contributed by atoms with van der Waals surface area (Å²) in [5, 5.41) is 8.88. The third kappa shape index (κ3) is 3.94. The van der Waals surface area contributed by atoms with Gasteiger partial charge in [0.05, 0.1) is 11.7 Å². The summed E-state index contributed by atoms with van der Waals surface area (Å²) in [6.45, 7) is 4.11. The molecule has 0 aliphatic heterocycles. The Bertz CT molecular complexity index is 918. The summed E-state index contributed by atoms with van der Waals surface area (Å²) in [6.07, 6.45) is 3.53. The first kappa shape index (κ1) is 16.1. The van der Waals surface area contributed by atoms with Crippen LogP contribution < -0.4 is 10.7 Å². The first-order valence-corrected chi connectivity index (χ1v) is 8.05. The maximum absolute atomic E-state index is 5.27. The van der Waals surface area contributed by atoms with Gasteiger partial charge in [0.15, 0.2) is 5.11 Å². The average molecular weight is 334 g/mol. The lowest BCUT2D eigenvalue weighted by Crippen LogP contribution is -2.24. The summed E-state index contributed by atoms with van der Waals surface area (Å²) < 4.78 is 0. The number of aryl methyl sites for hydroxylation is 2. The van der Waals surface area contributed by atoms with Crippen molar-refractivity contribution in [2.75, 3.05) is 5.32 Å². The summed E-state index contributed by atoms with van der Waals surface area (Å²) in [5.41, 5.74) is 8.14. The molecule has 4 nitrogen and oxygen atoms in total. The van der Waals surface area contributed by atoms with Gasteiger partial charge in [-0.1, -0.05) is 29.8 Å². The highest BCUT2D eigenvalue weighted by atomic mass is 32.1. The first-order valence-electron chi connectivity index (χ1n) is 7.64. The predicted molar refractivity (Wildman–Crippen MR) is 105 cm³/mol. The molecule has 120 valence electrons. The maximum Gasteiger partial charge on any atom is 0.191 e. The molecular weight excluding hydrogens is 316 g/mol. The second-order valence-electron chi connectivity index (χ2n) is 5.60. The Morgan fingerprint density at radius 1 is 1.12 bits per heavy atom. The summed E-state index contributed by atoms with van der Waals surface area (Å²) in [4.78, 5) is 4.30. The molecule has 0 atom stereocenters. The molecule has 0 saturated heterocycles. The van der Waals surface area contributed by atoms with E-state index in [4.69, 9.17) is 12.2 Å². The molecule has 1 aromatic heterocycles. The molecule has 1 heterocycles. The molecule has 5 heteroatoms. The number of aromatic nitrogens is 1. The minimum absolute atomic E-state index is 0.459. The number of nitrogens with one attached hydrogen (secondary N) is 2. The molecule has 2 aromatic carbocycles. The molecule has 24 heavy (non-hydrogen) atoms. The Kier molecular flexibility index (Phi) is 4.82. The van der Waals surface area contributed by atoms with E-state index in [0.717, 1.165) is 27.7 Å². The minimum Gasteiger partial charge on any atom is -0.331 e. The molecule has 0 bridgehead atoms. The first-order chi connectivity index (χ1) is 11.6. The Balaban J connectivity index is 1.63. The van der Waals surface area contributed by atoms with Gasteiger partial charge in [-0.2, -0.15) is 5.10 Å². The zero-order chi connectivity index (χ0) is 16.9. The highest BCUT2D eigenvalue weighted by Crippen LogP contribution is 2.15. The van der Waals surface area contributed by atoms with Crippen molar-refractivity contribution >= 4 is 40.1 Å². The number of hydrogen-bond donors (Lipinski definition) is 2. The zero-order valence-corrected chi connectivity index (χ0v) is 14.4. The molecule has 0 unspecified atom stereocenters. The van der Waals surface area contributed by atoms with E-state index in [-0.39, 0.29) is 0 Å². The van der Waals surface area contributed by atoms with E-state index in [1.807, 2.05) is 49.4 Å². The van der Waals surface area contributed by atoms with Gasteiger partial charge in [-0.15, -0.1) is 0 Å². The van der Waals surface area contributed by atoms with Crippen LogP contribution in [-0.2, 0) is 0 Å². The van der Waals surface area contributed by atoms with Gasteiger partial charge in [-0.05, 0) is 61.5 Å². The van der Waals surface area contributed by atoms with Crippen LogP contribution in [0.4, 0.5) is 5.69 Å². The van der Waals surface area contributed by atoms with Gasteiger partial charge in [0.2, 0.25) is 0 Å². The van der Waals surface area contributed by atoms with Crippen molar-refractivity contribution in [3.63, 3.8) is 0 Å². The highest BCUT2D eigenvalue weighted by molar-refractivity contribution is 7.80. The van der Waals surface area contributed by atoms with Crippen LogP contribution >= 0.6 is 12.2 Å². The molecule has 0 saturated carbocycles. The number of hydrogen-bond acceptors (Lipinski definition) is 3. The minimum atomic E-state index is 0.459. The number of fused-ring (bicyclic) bond motifs is 1. The lowest BCUT2D eigenvalue weighted by molar-refractivity contribution is 1.05. The average Bonchev–Trinajstić information content (AvgIpc) is 2.57. The lowest BCUT2D eigenvalue weighted by atomic mass is 10.1. The van der Waals surface area contributed by atoms with Crippen LogP contribution in [0.2, 0.25) is 0 Å². The normalized spacial score (nSPS) is 10.9. The topological polar surface area (TPSA) is 49.3 Å². The molecule has 0 amide bonds. The Morgan fingerprint density at radius 2 is 2.00 bits per heavy atom. The van der Waals surface area contributed by atoms with E-state index in [1.165, 1.54) is 5.56 Å². The molecular formula is C19H18N4S. The van der Waals surface area contributed by atoms with Crippen molar-refractivity contribution in [2.24, 2.45) is 5.10 Å². The van der Waals surface area contributed by atoms with Crippen molar-refractivity contribution in [3.8, 4) is 0 Å². The third-order valence-electron chi connectivity index (χ3n) is 3.64. The fraction of sp³-hybridized carbons (Fsp3) is 0.105. The fourth-order valence-electron chi connectivity index (χ4n) is 2.44. The largest absolute Gasteiger partial charge is 0.331 e. The van der Waals surface area contributed by atoms with Crippen molar-refractivity contribution in [1.29, 1.82) is 0 Å². The van der Waals surface area contributed by atoms with Crippen LogP contribution in [-0.4, -0.2) is 16.3 Å². The summed E-state index contributed by atoms with van der Waals surface area (Å²) >= 11 is 5.27. The number of anilines is 1. The Hall–Kier alpha value is -2.79. The maximum atomic E-state index is 5.27. The molecule has 0 aliphatic rings. The molecule has 0 fully saturated rings. The van der Waals surface area contributed by atoms with Crippen LogP contribution in [0, 0.1) is 13.8 Å². The smallest absolute Gasteiger partial charge is 0.191 e. The van der Waals surface area contributed by atoms with Gasteiger partial charge in [-0.25, -0.2) is 0 Å². The fourth-order valence-corrected chi connectivity index (χ4v) is 2.61. The number of benzene rings is 2. The summed E-state index contributed by atoms with van der Waals surface area (Å²) in [5.74, 6) is 0. The SMILES string of the molecule is Cc1ccc(NC(=S)N/N=C\c2ccc3ncccc3c2)c(C)c1. The number of nitrogens with zero attached hydrogens (tertiary/aromatic N) is 2. The van der Waals surface area contributed by atoms with Crippen LogP contribution in [0.15, 0.2) is 59.8 Å². The highest BCUT2D eigenvalue weighted by Gasteiger charge is 2.00. The molecule has 0 spiro atoms.